The van der Waals surface area contributed by atoms with Gasteiger partial charge >= 0.3 is 5.97 Å². The summed E-state index contributed by atoms with van der Waals surface area (Å²) in [6.45, 7) is 1.84. The summed E-state index contributed by atoms with van der Waals surface area (Å²) in [6.07, 6.45) is -0.225. The molecule has 108 valence electrons. The molecule has 0 radical (unpaired) electrons. The number of carbonyl (C=O) groups is 1. The van der Waals surface area contributed by atoms with Gasteiger partial charge in [0.05, 0.1) is 7.11 Å². The molecule has 0 fully saturated rings. The highest BCUT2D eigenvalue weighted by Crippen LogP contribution is 2.38. The quantitative estimate of drug-likeness (QED) is 0.751. The lowest BCUT2D eigenvalue weighted by atomic mass is 9.92. The molecular formula is C18H18O3. The fourth-order valence-electron chi connectivity index (χ4n) is 2.96. The zero-order valence-corrected chi connectivity index (χ0v) is 12.2. The van der Waals surface area contributed by atoms with Crippen LogP contribution in [0, 0.1) is 0 Å². The third kappa shape index (κ3) is 2.34. The van der Waals surface area contributed by atoms with Crippen LogP contribution in [0.4, 0.5) is 0 Å². The van der Waals surface area contributed by atoms with E-state index in [1.807, 2.05) is 19.1 Å². The highest BCUT2D eigenvalue weighted by atomic mass is 16.5. The molecule has 0 saturated heterocycles. The van der Waals surface area contributed by atoms with Gasteiger partial charge in [0.25, 0.3) is 0 Å². The van der Waals surface area contributed by atoms with Crippen molar-refractivity contribution in [2.24, 2.45) is 0 Å². The Morgan fingerprint density at radius 1 is 1.14 bits per heavy atom. The van der Waals surface area contributed by atoms with Gasteiger partial charge in [-0.2, -0.15) is 0 Å². The van der Waals surface area contributed by atoms with Crippen molar-refractivity contribution in [1.29, 1.82) is 0 Å². The van der Waals surface area contributed by atoms with Crippen LogP contribution in [0.3, 0.4) is 0 Å². The van der Waals surface area contributed by atoms with E-state index >= 15 is 0 Å². The number of aliphatic hydroxyl groups excluding tert-OH is 1. The van der Waals surface area contributed by atoms with Crippen molar-refractivity contribution in [2.45, 2.75) is 25.4 Å². The Balaban J connectivity index is 1.92. The molecule has 21 heavy (non-hydrogen) atoms. The van der Waals surface area contributed by atoms with Gasteiger partial charge in [0, 0.05) is 5.92 Å². The first-order valence-corrected chi connectivity index (χ1v) is 7.09. The maximum absolute atomic E-state index is 11.5. The third-order valence-electron chi connectivity index (χ3n) is 4.26. The Labute approximate surface area is 124 Å². The molecule has 3 rings (SSSR count). The van der Waals surface area contributed by atoms with Gasteiger partial charge in [0.15, 0.2) is 6.10 Å². The first-order chi connectivity index (χ1) is 10.1. The van der Waals surface area contributed by atoms with E-state index in [0.29, 0.717) is 0 Å². The molecule has 0 bridgehead atoms. The number of benzene rings is 2. The molecule has 0 saturated carbocycles. The van der Waals surface area contributed by atoms with Crippen LogP contribution in [0.15, 0.2) is 42.5 Å². The van der Waals surface area contributed by atoms with Crippen LogP contribution in [0.2, 0.25) is 0 Å². The molecule has 0 aliphatic heterocycles. The van der Waals surface area contributed by atoms with Gasteiger partial charge in [-0.25, -0.2) is 4.79 Å². The smallest absolute Gasteiger partial charge is 0.335 e. The number of fused-ring (bicyclic) bond motifs is 3. The van der Waals surface area contributed by atoms with Crippen molar-refractivity contribution in [3.8, 4) is 11.1 Å². The SMILES string of the molecule is COC(=O)C(O)C(C)c1ccc2c(c1)Cc1ccccc1-2. The second-order valence-corrected chi connectivity index (χ2v) is 5.51. The van der Waals surface area contributed by atoms with E-state index in [0.717, 1.165) is 12.0 Å². The monoisotopic (exact) mass is 282 g/mol. The Hall–Kier alpha value is -2.13. The van der Waals surface area contributed by atoms with Crippen LogP contribution >= 0.6 is 0 Å². The largest absolute Gasteiger partial charge is 0.467 e. The summed E-state index contributed by atoms with van der Waals surface area (Å²) in [6, 6.07) is 14.5. The van der Waals surface area contributed by atoms with Crippen LogP contribution in [-0.2, 0) is 16.0 Å². The first-order valence-electron chi connectivity index (χ1n) is 7.09. The number of hydrogen-bond acceptors (Lipinski definition) is 3. The van der Waals surface area contributed by atoms with Crippen LogP contribution in [-0.4, -0.2) is 24.3 Å². The first kappa shape index (κ1) is 13.8. The van der Waals surface area contributed by atoms with Gasteiger partial charge in [0.2, 0.25) is 0 Å². The molecular weight excluding hydrogens is 264 g/mol. The van der Waals surface area contributed by atoms with Crippen LogP contribution in [0.5, 0.6) is 0 Å². The van der Waals surface area contributed by atoms with Gasteiger partial charge < -0.3 is 9.84 Å². The molecule has 1 aliphatic carbocycles. The maximum Gasteiger partial charge on any atom is 0.335 e. The van der Waals surface area contributed by atoms with E-state index in [-0.39, 0.29) is 5.92 Å². The van der Waals surface area contributed by atoms with Gasteiger partial charge in [-0.15, -0.1) is 0 Å². The van der Waals surface area contributed by atoms with E-state index < -0.39 is 12.1 Å². The van der Waals surface area contributed by atoms with Crippen molar-refractivity contribution in [3.63, 3.8) is 0 Å². The Morgan fingerprint density at radius 3 is 2.62 bits per heavy atom. The molecule has 0 spiro atoms. The lowest BCUT2D eigenvalue weighted by Gasteiger charge is -2.18. The lowest BCUT2D eigenvalue weighted by Crippen LogP contribution is -2.27. The highest BCUT2D eigenvalue weighted by molar-refractivity contribution is 5.78. The van der Waals surface area contributed by atoms with E-state index in [1.165, 1.54) is 29.4 Å². The zero-order valence-electron chi connectivity index (χ0n) is 12.2. The minimum atomic E-state index is -1.13. The Bertz CT molecular complexity index is 691. The molecule has 0 aromatic heterocycles. The van der Waals surface area contributed by atoms with E-state index in [2.05, 4.69) is 35.1 Å². The summed E-state index contributed by atoms with van der Waals surface area (Å²) < 4.78 is 4.61. The second kappa shape index (κ2) is 5.34. The fourth-order valence-corrected chi connectivity index (χ4v) is 2.96. The summed E-state index contributed by atoms with van der Waals surface area (Å²) in [5.41, 5.74) is 6.05. The number of aliphatic hydroxyl groups is 1. The minimum absolute atomic E-state index is 0.286. The predicted octanol–water partition coefficient (Wildman–Crippen LogP) is 2.90. The number of rotatable bonds is 3. The fraction of sp³-hybridized carbons (Fsp3) is 0.278. The molecule has 3 nitrogen and oxygen atoms in total. The van der Waals surface area contributed by atoms with Gasteiger partial charge in [0.1, 0.15) is 0 Å². The van der Waals surface area contributed by atoms with Crippen molar-refractivity contribution in [1.82, 2.24) is 0 Å². The van der Waals surface area contributed by atoms with Gasteiger partial charge in [-0.3, -0.25) is 0 Å². The van der Waals surface area contributed by atoms with Crippen LogP contribution in [0.25, 0.3) is 11.1 Å². The van der Waals surface area contributed by atoms with Crippen molar-refractivity contribution in [2.75, 3.05) is 7.11 Å². The number of carbonyl (C=O) groups excluding carboxylic acids is 1. The van der Waals surface area contributed by atoms with Gasteiger partial charge in [-0.05, 0) is 34.2 Å². The van der Waals surface area contributed by atoms with Crippen molar-refractivity contribution >= 4 is 5.97 Å². The molecule has 2 aromatic carbocycles. The number of ether oxygens (including phenoxy) is 1. The minimum Gasteiger partial charge on any atom is -0.467 e. The Kier molecular flexibility index (Phi) is 3.52. The van der Waals surface area contributed by atoms with Crippen molar-refractivity contribution in [3.05, 3.63) is 59.2 Å². The highest BCUT2D eigenvalue weighted by Gasteiger charge is 2.26. The van der Waals surface area contributed by atoms with Crippen LogP contribution < -0.4 is 0 Å². The number of hydrogen-bond donors (Lipinski definition) is 1. The molecule has 2 aromatic rings. The second-order valence-electron chi connectivity index (χ2n) is 5.51. The summed E-state index contributed by atoms with van der Waals surface area (Å²) >= 11 is 0. The lowest BCUT2D eigenvalue weighted by molar-refractivity contribution is -0.151. The molecule has 1 N–H and O–H groups in total. The third-order valence-corrected chi connectivity index (χ3v) is 4.26. The van der Waals surface area contributed by atoms with Crippen LogP contribution in [0.1, 0.15) is 29.5 Å². The average Bonchev–Trinajstić information content (AvgIpc) is 2.90. The summed E-state index contributed by atoms with van der Waals surface area (Å²) in [5.74, 6) is -0.877. The Morgan fingerprint density at radius 2 is 1.86 bits per heavy atom. The molecule has 0 heterocycles. The standard InChI is InChI=1S/C18H18O3/c1-11(17(19)18(20)21-2)12-7-8-16-14(9-12)10-13-5-3-4-6-15(13)16/h3-9,11,17,19H,10H2,1-2H3. The van der Waals surface area contributed by atoms with E-state index in [9.17, 15) is 9.90 Å². The molecule has 3 heteroatoms. The summed E-state index contributed by atoms with van der Waals surface area (Å²) in [7, 11) is 1.29. The molecule has 2 unspecified atom stereocenters. The molecule has 1 aliphatic rings. The van der Waals surface area contributed by atoms with Gasteiger partial charge in [-0.1, -0.05) is 49.4 Å². The van der Waals surface area contributed by atoms with E-state index in [4.69, 9.17) is 0 Å². The molecule has 0 amide bonds. The van der Waals surface area contributed by atoms with E-state index in [1.54, 1.807) is 0 Å². The van der Waals surface area contributed by atoms with Crippen molar-refractivity contribution < 1.29 is 14.6 Å². The summed E-state index contributed by atoms with van der Waals surface area (Å²) in [4.78, 5) is 11.5. The number of methoxy groups -OCH3 is 1. The topological polar surface area (TPSA) is 46.5 Å². The average molecular weight is 282 g/mol. The maximum atomic E-state index is 11.5. The predicted molar refractivity (Wildman–Crippen MR) is 81.1 cm³/mol. The summed E-state index contributed by atoms with van der Waals surface area (Å²) in [5, 5.41) is 9.99. The number of esters is 1. The zero-order chi connectivity index (χ0) is 15.0. The molecule has 2 atom stereocenters. The normalized spacial score (nSPS) is 15.0.